The van der Waals surface area contributed by atoms with Crippen LogP contribution in [0.4, 0.5) is 0 Å². The van der Waals surface area contributed by atoms with Gasteiger partial charge in [0, 0.05) is 0 Å². The van der Waals surface area contributed by atoms with Gasteiger partial charge < -0.3 is 24.8 Å². The number of rotatable bonds is 5. The predicted octanol–water partition coefficient (Wildman–Crippen LogP) is 5.95. The standard InChI is InChI=1S/C52H35.2ClH.Zr/c1-3-13-37(14-4-1)39-27-23-35(24-28-39)31-42-33-43-34-49-46-21-10-9-19-44(46)45-20-11-12-22-47(45)52(49)51(43)50(41-17-7-8-18-41)48(42)32-36-25-29-40(30-26-36)38-15-5-2-6-16-38;;;/h1-17,19-34H,18H2;2*1H;/q;;;+2/p-2. The number of hydrogen-bond acceptors (Lipinski definition) is 0. The van der Waals surface area contributed by atoms with Gasteiger partial charge in [-0.2, -0.15) is 0 Å². The maximum atomic E-state index is 2.53. The monoisotopic (exact) mass is 819 g/mol. The van der Waals surface area contributed by atoms with Gasteiger partial charge in [0.25, 0.3) is 0 Å². The number of benzene rings is 8. The van der Waals surface area contributed by atoms with Crippen molar-refractivity contribution in [3.8, 4) is 33.4 Å². The molecule has 261 valence electrons. The van der Waals surface area contributed by atoms with Gasteiger partial charge >= 0.3 is 303 Å². The first kappa shape index (κ1) is 36.9. The third-order valence-electron chi connectivity index (χ3n) is 11.0. The number of allylic oxidation sites excluding steroid dienone is 4. The zero-order valence-corrected chi connectivity index (χ0v) is 34.0. The van der Waals surface area contributed by atoms with Crippen LogP contribution in [-0.4, -0.2) is 0 Å². The third kappa shape index (κ3) is 6.59. The predicted molar refractivity (Wildman–Crippen MR) is 221 cm³/mol. The molecule has 2 aliphatic rings. The van der Waals surface area contributed by atoms with E-state index in [9.17, 15) is 0 Å². The van der Waals surface area contributed by atoms with Crippen LogP contribution in [-0.2, 0) is 24.7 Å². The average molecular weight is 822 g/mol. The second-order valence-electron chi connectivity index (χ2n) is 14.1. The third-order valence-corrected chi connectivity index (χ3v) is 12.5. The Labute approximate surface area is 350 Å². The van der Waals surface area contributed by atoms with Crippen molar-refractivity contribution in [3.05, 3.63) is 220 Å². The minimum atomic E-state index is 0. The summed E-state index contributed by atoms with van der Waals surface area (Å²) < 4.78 is 0.335. The topological polar surface area (TPSA) is 0 Å². The van der Waals surface area contributed by atoms with Gasteiger partial charge in [0.05, 0.1) is 0 Å². The van der Waals surface area contributed by atoms with Crippen LogP contribution in [0.3, 0.4) is 0 Å². The second kappa shape index (κ2) is 15.6. The summed E-state index contributed by atoms with van der Waals surface area (Å²) in [4.78, 5) is 0. The fraction of sp³-hybridized carbons (Fsp3) is 0.0385. The number of halogens is 2. The molecule has 0 spiro atoms. The van der Waals surface area contributed by atoms with Gasteiger partial charge in [-0.3, -0.25) is 0 Å². The fourth-order valence-electron chi connectivity index (χ4n) is 8.52. The summed E-state index contributed by atoms with van der Waals surface area (Å²) in [7, 11) is 0. The number of fused-ring (bicyclic) bond motifs is 8. The first-order valence-electron chi connectivity index (χ1n) is 18.4. The maximum absolute atomic E-state index is 2.53. The van der Waals surface area contributed by atoms with Crippen molar-refractivity contribution in [2.45, 2.75) is 10.0 Å². The molecular formula is C52H35Cl2Zr. The molecule has 0 aromatic heterocycles. The van der Waals surface area contributed by atoms with E-state index >= 15 is 0 Å². The summed E-state index contributed by atoms with van der Waals surface area (Å²) in [5, 5.41) is 7.96. The summed E-state index contributed by atoms with van der Waals surface area (Å²) in [6.45, 7) is 0. The van der Waals surface area contributed by atoms with Crippen molar-refractivity contribution in [2.24, 2.45) is 0 Å². The quantitative estimate of drug-likeness (QED) is 0.189. The van der Waals surface area contributed by atoms with E-state index in [1.54, 1.807) is 0 Å². The molecule has 0 saturated carbocycles. The first-order chi connectivity index (χ1) is 26.2. The summed E-state index contributed by atoms with van der Waals surface area (Å²) in [6, 6.07) is 60.1. The van der Waals surface area contributed by atoms with E-state index in [0.29, 0.717) is 3.63 Å². The Morgan fingerprint density at radius 2 is 0.964 bits per heavy atom. The van der Waals surface area contributed by atoms with Crippen molar-refractivity contribution in [1.29, 1.82) is 0 Å². The van der Waals surface area contributed by atoms with E-state index in [-0.39, 0.29) is 24.8 Å². The molecule has 0 aliphatic heterocycles. The van der Waals surface area contributed by atoms with Gasteiger partial charge in [0.15, 0.2) is 0 Å². The summed E-state index contributed by atoms with van der Waals surface area (Å²) in [6.07, 6.45) is 12.7. The molecule has 0 nitrogen and oxygen atoms in total. The van der Waals surface area contributed by atoms with E-state index < -0.39 is 0 Å². The van der Waals surface area contributed by atoms with Crippen molar-refractivity contribution in [1.82, 2.24) is 0 Å². The summed E-state index contributed by atoms with van der Waals surface area (Å²) in [5.74, 6) is 0. The van der Waals surface area contributed by atoms with E-state index in [1.807, 2.05) is 0 Å². The molecule has 0 N–H and O–H groups in total. The Bertz CT molecular complexity index is 2890. The molecular weight excluding hydrogens is 787 g/mol. The molecule has 10 rings (SSSR count). The van der Waals surface area contributed by atoms with Gasteiger partial charge in [0.2, 0.25) is 0 Å². The molecule has 0 bridgehead atoms. The molecule has 2 aliphatic carbocycles. The molecule has 3 heteroatoms. The van der Waals surface area contributed by atoms with Crippen LogP contribution in [0.1, 0.15) is 37.9 Å². The van der Waals surface area contributed by atoms with Crippen LogP contribution in [0.25, 0.3) is 72.7 Å². The summed E-state index contributed by atoms with van der Waals surface area (Å²) in [5.41, 5.74) is 15.9. The van der Waals surface area contributed by atoms with Crippen molar-refractivity contribution in [3.63, 3.8) is 0 Å². The van der Waals surface area contributed by atoms with Gasteiger partial charge in [0.1, 0.15) is 0 Å². The van der Waals surface area contributed by atoms with Crippen LogP contribution >= 0.6 is 0 Å². The molecule has 0 saturated heterocycles. The van der Waals surface area contributed by atoms with Gasteiger partial charge in [-0.05, 0) is 0 Å². The minimum absolute atomic E-state index is 0. The van der Waals surface area contributed by atoms with Crippen molar-refractivity contribution < 1.29 is 49.5 Å². The van der Waals surface area contributed by atoms with Crippen LogP contribution in [0.5, 0.6) is 0 Å². The fourth-order valence-corrected chi connectivity index (χ4v) is 9.82. The molecule has 0 fully saturated rings. The van der Waals surface area contributed by atoms with Gasteiger partial charge in [-0.15, -0.1) is 0 Å². The van der Waals surface area contributed by atoms with Crippen LogP contribution in [0, 0.1) is 0 Å². The van der Waals surface area contributed by atoms with E-state index in [1.165, 1.54) is 123 Å². The Hall–Kier alpha value is -5.04. The van der Waals surface area contributed by atoms with Crippen LogP contribution in [0.15, 0.2) is 182 Å². The average Bonchev–Trinajstić information content (AvgIpc) is 3.86. The molecule has 0 heterocycles. The SMILES string of the molecule is [Cl-].[Cl-].[Zr+2][CH]1c2cc(=Cc3ccc(-c4ccccc4)cc3)c(=Cc3ccc(-c4ccccc4)cc3)c(C3=CC=CC3)c2-c2c1c1ccccc1c1ccccc21. The van der Waals surface area contributed by atoms with E-state index in [2.05, 4.69) is 194 Å². The van der Waals surface area contributed by atoms with E-state index in [4.69, 9.17) is 0 Å². The zero-order chi connectivity index (χ0) is 35.3. The Morgan fingerprint density at radius 3 is 1.53 bits per heavy atom. The molecule has 1 atom stereocenters. The van der Waals surface area contributed by atoms with E-state index in [0.717, 1.165) is 6.42 Å². The molecule has 0 radical (unpaired) electrons. The Morgan fingerprint density at radius 1 is 0.473 bits per heavy atom. The molecule has 55 heavy (non-hydrogen) atoms. The Kier molecular flexibility index (Phi) is 10.5. The molecule has 8 aromatic rings. The molecule has 8 aromatic carbocycles. The van der Waals surface area contributed by atoms with Gasteiger partial charge in [-0.25, -0.2) is 0 Å². The van der Waals surface area contributed by atoms with Crippen LogP contribution in [0.2, 0.25) is 0 Å². The normalized spacial score (nSPS) is 14.7. The Balaban J connectivity index is 0.00000214. The van der Waals surface area contributed by atoms with Crippen molar-refractivity contribution >= 4 is 39.3 Å². The van der Waals surface area contributed by atoms with Crippen LogP contribution < -0.4 is 35.3 Å². The van der Waals surface area contributed by atoms with Crippen molar-refractivity contribution in [2.75, 3.05) is 0 Å². The van der Waals surface area contributed by atoms with Gasteiger partial charge in [-0.1, -0.05) is 24.3 Å². The molecule has 1 unspecified atom stereocenters. The number of hydrogen-bond donors (Lipinski definition) is 0. The first-order valence-corrected chi connectivity index (χ1v) is 19.9. The summed E-state index contributed by atoms with van der Waals surface area (Å²) >= 11 is 1.51. The zero-order valence-electron chi connectivity index (χ0n) is 30.0. The second-order valence-corrected chi connectivity index (χ2v) is 15.5. The molecule has 0 amide bonds.